The van der Waals surface area contributed by atoms with Crippen LogP contribution in [0.15, 0.2) is 54.7 Å². The molecular weight excluding hydrogens is 416 g/mol. The third-order valence-corrected chi connectivity index (χ3v) is 5.30. The van der Waals surface area contributed by atoms with Crippen LogP contribution in [0.3, 0.4) is 0 Å². The van der Waals surface area contributed by atoms with Crippen LogP contribution in [-0.2, 0) is 4.79 Å². The number of hydrogen-bond acceptors (Lipinski definition) is 7. The van der Waals surface area contributed by atoms with E-state index in [-0.39, 0.29) is 5.91 Å². The molecule has 4 rings (SSSR count). The van der Waals surface area contributed by atoms with Gasteiger partial charge in [-0.1, -0.05) is 41.7 Å². The first kappa shape index (κ1) is 20.4. The van der Waals surface area contributed by atoms with E-state index >= 15 is 0 Å². The molecule has 0 atom stereocenters. The van der Waals surface area contributed by atoms with Gasteiger partial charge in [0.1, 0.15) is 0 Å². The van der Waals surface area contributed by atoms with E-state index in [1.54, 1.807) is 36.9 Å². The molecule has 0 unspecified atom stereocenters. The fourth-order valence-corrected chi connectivity index (χ4v) is 3.80. The summed E-state index contributed by atoms with van der Waals surface area (Å²) in [5, 5.41) is 7.60. The van der Waals surface area contributed by atoms with Gasteiger partial charge in [0.15, 0.2) is 11.5 Å². The average molecular weight is 436 g/mol. The summed E-state index contributed by atoms with van der Waals surface area (Å²) in [7, 11) is 4.62. The molecule has 0 saturated heterocycles. The van der Waals surface area contributed by atoms with Crippen LogP contribution in [0.2, 0.25) is 0 Å². The van der Waals surface area contributed by atoms with Gasteiger partial charge >= 0.3 is 0 Å². The maximum atomic E-state index is 12.4. The van der Waals surface area contributed by atoms with Crippen LogP contribution in [0, 0.1) is 0 Å². The Balaban J connectivity index is 1.48. The Bertz CT molecular complexity index is 1190. The Morgan fingerprint density at radius 2 is 1.77 bits per heavy atom. The summed E-state index contributed by atoms with van der Waals surface area (Å²) in [4.78, 5) is 17.6. The Morgan fingerprint density at radius 3 is 2.39 bits per heavy atom. The lowest BCUT2D eigenvalue weighted by atomic mass is 10.1. The van der Waals surface area contributed by atoms with Crippen LogP contribution in [0.1, 0.15) is 5.56 Å². The minimum absolute atomic E-state index is 0.311. The number of nitrogens with one attached hydrogen (secondary N) is 1. The summed E-state index contributed by atoms with van der Waals surface area (Å²) < 4.78 is 17.6. The van der Waals surface area contributed by atoms with Crippen molar-refractivity contribution in [3.8, 4) is 28.5 Å². The second-order valence-corrected chi connectivity index (χ2v) is 7.36. The standard InChI is InChI=1S/C22H20N4O4S/c1-28-17-11-14(12-18(29-2)20(17)30-3)9-10-19(27)24-21-25-26-13-16(23-22(26)31-21)15-7-5-4-6-8-15/h4-13H,1-3H3,(H,24,25,27). The molecule has 0 aliphatic heterocycles. The largest absolute Gasteiger partial charge is 0.493 e. The van der Waals surface area contributed by atoms with Crippen LogP contribution in [0.5, 0.6) is 17.2 Å². The molecule has 0 saturated carbocycles. The van der Waals surface area contributed by atoms with E-state index in [0.717, 1.165) is 16.8 Å². The Hall–Kier alpha value is -3.85. The van der Waals surface area contributed by atoms with Gasteiger partial charge in [-0.15, -0.1) is 5.10 Å². The van der Waals surface area contributed by atoms with Crippen LogP contribution >= 0.6 is 11.3 Å². The normalized spacial score (nSPS) is 11.1. The first-order chi connectivity index (χ1) is 15.1. The number of amides is 1. The van der Waals surface area contributed by atoms with E-state index in [0.29, 0.717) is 27.3 Å². The molecule has 0 fully saturated rings. The lowest BCUT2D eigenvalue weighted by molar-refractivity contribution is -0.111. The molecule has 2 heterocycles. The number of fused-ring (bicyclic) bond motifs is 1. The fourth-order valence-electron chi connectivity index (χ4n) is 3.02. The summed E-state index contributed by atoms with van der Waals surface area (Å²) in [6, 6.07) is 13.4. The molecule has 31 heavy (non-hydrogen) atoms. The molecule has 2 aromatic heterocycles. The first-order valence-electron chi connectivity index (χ1n) is 9.32. The summed E-state index contributed by atoms with van der Waals surface area (Å²) >= 11 is 1.30. The number of anilines is 1. The molecule has 0 bridgehead atoms. The maximum Gasteiger partial charge on any atom is 0.250 e. The van der Waals surface area contributed by atoms with Crippen molar-refractivity contribution < 1.29 is 19.0 Å². The lowest BCUT2D eigenvalue weighted by Crippen LogP contribution is -2.07. The average Bonchev–Trinajstić information content (AvgIpc) is 3.36. The third kappa shape index (κ3) is 4.36. The van der Waals surface area contributed by atoms with Crippen molar-refractivity contribution in [3.63, 3.8) is 0 Å². The monoisotopic (exact) mass is 436 g/mol. The summed E-state index contributed by atoms with van der Waals surface area (Å²) in [6.07, 6.45) is 4.91. The Kier molecular flexibility index (Phi) is 5.85. The zero-order chi connectivity index (χ0) is 21.8. The van der Waals surface area contributed by atoms with Crippen molar-refractivity contribution in [2.45, 2.75) is 0 Å². The van der Waals surface area contributed by atoms with Gasteiger partial charge in [-0.2, -0.15) is 0 Å². The fraction of sp³-hybridized carbons (Fsp3) is 0.136. The van der Waals surface area contributed by atoms with E-state index in [1.165, 1.54) is 24.5 Å². The third-order valence-electron chi connectivity index (χ3n) is 4.46. The van der Waals surface area contributed by atoms with Crippen molar-refractivity contribution in [2.75, 3.05) is 26.6 Å². The van der Waals surface area contributed by atoms with Crippen LogP contribution in [0.25, 0.3) is 22.3 Å². The molecule has 4 aromatic rings. The van der Waals surface area contributed by atoms with Crippen molar-refractivity contribution in [2.24, 2.45) is 0 Å². The second kappa shape index (κ2) is 8.88. The summed E-state index contributed by atoms with van der Waals surface area (Å²) in [5.74, 6) is 1.20. The van der Waals surface area contributed by atoms with E-state index in [1.807, 2.05) is 36.5 Å². The number of nitrogens with zero attached hydrogens (tertiary/aromatic N) is 3. The van der Waals surface area contributed by atoms with Crippen LogP contribution in [0.4, 0.5) is 5.13 Å². The van der Waals surface area contributed by atoms with E-state index in [4.69, 9.17) is 14.2 Å². The smallest absolute Gasteiger partial charge is 0.250 e. The molecule has 0 radical (unpaired) electrons. The van der Waals surface area contributed by atoms with Crippen LogP contribution in [-0.4, -0.2) is 41.8 Å². The zero-order valence-electron chi connectivity index (χ0n) is 17.2. The topological polar surface area (TPSA) is 87.0 Å². The number of ether oxygens (including phenoxy) is 3. The second-order valence-electron chi connectivity index (χ2n) is 6.41. The number of carbonyl (C=O) groups excluding carboxylic acids is 1. The van der Waals surface area contributed by atoms with Gasteiger partial charge in [-0.05, 0) is 23.8 Å². The van der Waals surface area contributed by atoms with E-state index in [9.17, 15) is 4.79 Å². The summed E-state index contributed by atoms with van der Waals surface area (Å²) in [6.45, 7) is 0. The molecule has 1 amide bonds. The van der Waals surface area contributed by atoms with Gasteiger partial charge < -0.3 is 14.2 Å². The highest BCUT2D eigenvalue weighted by Gasteiger charge is 2.13. The number of benzene rings is 2. The molecule has 0 spiro atoms. The first-order valence-corrected chi connectivity index (χ1v) is 10.1. The highest BCUT2D eigenvalue weighted by molar-refractivity contribution is 7.20. The summed E-state index contributed by atoms with van der Waals surface area (Å²) in [5.41, 5.74) is 2.57. The molecule has 9 heteroatoms. The Labute approximate surface area is 182 Å². The number of aromatic nitrogens is 3. The number of imidazole rings is 1. The predicted molar refractivity (Wildman–Crippen MR) is 120 cm³/mol. The molecule has 0 aliphatic rings. The predicted octanol–water partition coefficient (Wildman–Crippen LogP) is 4.14. The Morgan fingerprint density at radius 1 is 1.06 bits per heavy atom. The molecule has 0 aliphatic carbocycles. The van der Waals surface area contributed by atoms with Crippen molar-refractivity contribution in [1.82, 2.24) is 14.6 Å². The van der Waals surface area contributed by atoms with E-state index in [2.05, 4.69) is 15.4 Å². The SMILES string of the molecule is COc1cc(C=CC(=O)Nc2nn3cc(-c4ccccc4)nc3s2)cc(OC)c1OC. The van der Waals surface area contributed by atoms with Crippen molar-refractivity contribution in [1.29, 1.82) is 0 Å². The molecule has 158 valence electrons. The number of hydrogen-bond donors (Lipinski definition) is 1. The van der Waals surface area contributed by atoms with Gasteiger partial charge in [0.2, 0.25) is 21.7 Å². The van der Waals surface area contributed by atoms with Crippen molar-refractivity contribution in [3.05, 3.63) is 60.3 Å². The van der Waals surface area contributed by atoms with Gasteiger partial charge in [0.05, 0.1) is 33.2 Å². The minimum Gasteiger partial charge on any atom is -0.493 e. The van der Waals surface area contributed by atoms with Gasteiger partial charge in [0.25, 0.3) is 0 Å². The molecular formula is C22H20N4O4S. The number of methoxy groups -OCH3 is 3. The molecule has 8 nitrogen and oxygen atoms in total. The highest BCUT2D eigenvalue weighted by atomic mass is 32.1. The van der Waals surface area contributed by atoms with Gasteiger partial charge in [-0.25, -0.2) is 9.50 Å². The quantitative estimate of drug-likeness (QED) is 0.438. The van der Waals surface area contributed by atoms with E-state index < -0.39 is 0 Å². The highest BCUT2D eigenvalue weighted by Crippen LogP contribution is 2.38. The zero-order valence-corrected chi connectivity index (χ0v) is 18.0. The number of rotatable bonds is 7. The van der Waals surface area contributed by atoms with Crippen LogP contribution < -0.4 is 19.5 Å². The van der Waals surface area contributed by atoms with Crippen molar-refractivity contribution >= 4 is 33.4 Å². The van der Waals surface area contributed by atoms with Gasteiger partial charge in [-0.3, -0.25) is 10.1 Å². The maximum absolute atomic E-state index is 12.4. The lowest BCUT2D eigenvalue weighted by Gasteiger charge is -2.12. The number of carbonyl (C=O) groups is 1. The molecule has 1 N–H and O–H groups in total. The van der Waals surface area contributed by atoms with Gasteiger partial charge in [0, 0.05) is 11.6 Å². The molecule has 2 aromatic carbocycles. The minimum atomic E-state index is -0.311.